The summed E-state index contributed by atoms with van der Waals surface area (Å²) >= 11 is 0. The number of benzene rings is 2. The maximum Gasteiger partial charge on any atom is 0.428 e. The Morgan fingerprint density at radius 2 is 1.86 bits per heavy atom. The van der Waals surface area contributed by atoms with Gasteiger partial charge in [-0.15, -0.1) is 0 Å². The van der Waals surface area contributed by atoms with Gasteiger partial charge in [0.2, 0.25) is 0 Å². The minimum atomic E-state index is -0.647. The van der Waals surface area contributed by atoms with Crippen LogP contribution in [0.4, 0.5) is 4.79 Å². The summed E-state index contributed by atoms with van der Waals surface area (Å²) in [5.74, 6) is 0.913. The Morgan fingerprint density at radius 3 is 2.50 bits per heavy atom. The van der Waals surface area contributed by atoms with E-state index in [4.69, 9.17) is 14.6 Å². The number of aromatic hydroxyl groups is 1. The number of methoxy groups -OCH3 is 1. The predicted molar refractivity (Wildman–Crippen MR) is 82.0 cm³/mol. The van der Waals surface area contributed by atoms with E-state index in [2.05, 4.69) is 10.5 Å². The third-order valence-electron chi connectivity index (χ3n) is 2.79. The molecule has 6 nitrogen and oxygen atoms in total. The molecule has 1 amide bonds. The van der Waals surface area contributed by atoms with Gasteiger partial charge in [-0.1, -0.05) is 12.1 Å². The molecule has 0 atom stereocenters. The summed E-state index contributed by atoms with van der Waals surface area (Å²) in [4.78, 5) is 11.5. The van der Waals surface area contributed by atoms with Crippen molar-refractivity contribution in [3.8, 4) is 11.5 Å². The molecular formula is C16H16N2O4. The molecule has 0 bridgehead atoms. The van der Waals surface area contributed by atoms with Crippen molar-refractivity contribution in [1.29, 1.82) is 0 Å². The van der Waals surface area contributed by atoms with E-state index >= 15 is 0 Å². The highest BCUT2D eigenvalue weighted by atomic mass is 16.6. The lowest BCUT2D eigenvalue weighted by Crippen LogP contribution is -2.18. The minimum absolute atomic E-state index is 0.143. The van der Waals surface area contributed by atoms with Gasteiger partial charge >= 0.3 is 6.09 Å². The van der Waals surface area contributed by atoms with E-state index < -0.39 is 6.09 Å². The lowest BCUT2D eigenvalue weighted by atomic mass is 10.2. The molecule has 0 saturated carbocycles. The summed E-state index contributed by atoms with van der Waals surface area (Å²) in [7, 11) is 1.59. The van der Waals surface area contributed by atoms with Crippen molar-refractivity contribution in [3.05, 3.63) is 59.7 Å². The van der Waals surface area contributed by atoms with E-state index in [0.717, 1.165) is 16.9 Å². The number of phenolic OH excluding ortho intramolecular Hbond substituents is 1. The number of hydrazone groups is 1. The van der Waals surface area contributed by atoms with Crippen LogP contribution in [0.25, 0.3) is 0 Å². The number of nitrogens with one attached hydrogen (secondary N) is 1. The number of hydrogen-bond donors (Lipinski definition) is 2. The number of nitrogens with zero attached hydrogens (tertiary/aromatic N) is 1. The molecule has 0 aliphatic heterocycles. The fourth-order valence-corrected chi connectivity index (χ4v) is 1.62. The number of amides is 1. The molecule has 0 aliphatic carbocycles. The summed E-state index contributed by atoms with van der Waals surface area (Å²) < 4.78 is 10.1. The molecule has 2 rings (SSSR count). The first-order chi connectivity index (χ1) is 10.7. The van der Waals surface area contributed by atoms with E-state index in [1.807, 2.05) is 12.1 Å². The molecule has 0 radical (unpaired) electrons. The molecule has 0 saturated heterocycles. The molecule has 114 valence electrons. The first-order valence-electron chi connectivity index (χ1n) is 6.55. The molecule has 0 aromatic heterocycles. The van der Waals surface area contributed by atoms with Crippen LogP contribution in [-0.2, 0) is 11.3 Å². The molecule has 0 unspecified atom stereocenters. The van der Waals surface area contributed by atoms with Crippen LogP contribution in [0.15, 0.2) is 53.6 Å². The number of carbonyl (C=O) groups is 1. The van der Waals surface area contributed by atoms with E-state index in [9.17, 15) is 4.79 Å². The second kappa shape index (κ2) is 7.68. The van der Waals surface area contributed by atoms with Crippen LogP contribution in [0.5, 0.6) is 11.5 Å². The molecular weight excluding hydrogens is 284 g/mol. The molecule has 2 aromatic carbocycles. The van der Waals surface area contributed by atoms with Crippen molar-refractivity contribution < 1.29 is 19.4 Å². The molecule has 0 spiro atoms. The van der Waals surface area contributed by atoms with Crippen molar-refractivity contribution in [1.82, 2.24) is 5.43 Å². The van der Waals surface area contributed by atoms with Gasteiger partial charge in [0.1, 0.15) is 18.1 Å². The topological polar surface area (TPSA) is 80.2 Å². The van der Waals surface area contributed by atoms with E-state index in [-0.39, 0.29) is 12.4 Å². The Balaban J connectivity index is 1.76. The van der Waals surface area contributed by atoms with Crippen LogP contribution >= 0.6 is 0 Å². The first-order valence-corrected chi connectivity index (χ1v) is 6.55. The second-order valence-electron chi connectivity index (χ2n) is 4.39. The van der Waals surface area contributed by atoms with Crippen LogP contribution in [-0.4, -0.2) is 24.5 Å². The minimum Gasteiger partial charge on any atom is -0.508 e. The van der Waals surface area contributed by atoms with Gasteiger partial charge in [-0.3, -0.25) is 0 Å². The summed E-state index contributed by atoms with van der Waals surface area (Å²) in [5, 5.41) is 12.9. The average molecular weight is 300 g/mol. The molecule has 2 aromatic rings. The number of carbonyl (C=O) groups excluding carboxylic acids is 1. The number of ether oxygens (including phenoxy) is 2. The van der Waals surface area contributed by atoms with Crippen molar-refractivity contribution in [3.63, 3.8) is 0 Å². The normalized spacial score (nSPS) is 10.4. The molecule has 0 aliphatic rings. The SMILES string of the molecule is COc1ccc(COC(=O)N/N=C/c2ccc(O)cc2)cc1. The summed E-state index contributed by atoms with van der Waals surface area (Å²) in [6, 6.07) is 13.6. The van der Waals surface area contributed by atoms with Crippen LogP contribution in [0.1, 0.15) is 11.1 Å². The smallest absolute Gasteiger partial charge is 0.428 e. The quantitative estimate of drug-likeness (QED) is 0.657. The van der Waals surface area contributed by atoms with Gasteiger partial charge in [-0.05, 0) is 47.5 Å². The maximum atomic E-state index is 11.5. The third-order valence-corrected chi connectivity index (χ3v) is 2.79. The largest absolute Gasteiger partial charge is 0.508 e. The average Bonchev–Trinajstić information content (AvgIpc) is 2.55. The van der Waals surface area contributed by atoms with Gasteiger partial charge in [-0.25, -0.2) is 10.2 Å². The Morgan fingerprint density at radius 1 is 1.18 bits per heavy atom. The van der Waals surface area contributed by atoms with Gasteiger partial charge in [0, 0.05) is 0 Å². The zero-order chi connectivity index (χ0) is 15.8. The molecule has 6 heteroatoms. The Hall–Kier alpha value is -3.02. The Labute approximate surface area is 128 Å². The van der Waals surface area contributed by atoms with Crippen molar-refractivity contribution in [2.24, 2.45) is 5.10 Å². The van der Waals surface area contributed by atoms with Gasteiger partial charge in [0.25, 0.3) is 0 Å². The highest BCUT2D eigenvalue weighted by Gasteiger charge is 2.01. The van der Waals surface area contributed by atoms with Gasteiger partial charge < -0.3 is 14.6 Å². The first kappa shape index (κ1) is 15.4. The van der Waals surface area contributed by atoms with Crippen molar-refractivity contribution >= 4 is 12.3 Å². The van der Waals surface area contributed by atoms with Crippen molar-refractivity contribution in [2.45, 2.75) is 6.61 Å². The van der Waals surface area contributed by atoms with Gasteiger partial charge in [0.15, 0.2) is 0 Å². The van der Waals surface area contributed by atoms with Crippen LogP contribution in [0.2, 0.25) is 0 Å². The summed E-state index contributed by atoms with van der Waals surface area (Å²) in [5.41, 5.74) is 3.85. The van der Waals surface area contributed by atoms with Gasteiger partial charge in [0.05, 0.1) is 13.3 Å². The monoisotopic (exact) mass is 300 g/mol. The third kappa shape index (κ3) is 4.82. The number of phenols is 1. The molecule has 0 fully saturated rings. The maximum absolute atomic E-state index is 11.5. The van der Waals surface area contributed by atoms with Gasteiger partial charge in [-0.2, -0.15) is 5.10 Å². The van der Waals surface area contributed by atoms with E-state index in [0.29, 0.717) is 0 Å². The van der Waals surface area contributed by atoms with Crippen LogP contribution < -0.4 is 10.2 Å². The predicted octanol–water partition coefficient (Wildman–Crippen LogP) is 2.66. The lowest BCUT2D eigenvalue weighted by molar-refractivity contribution is 0.140. The fraction of sp³-hybridized carbons (Fsp3) is 0.125. The lowest BCUT2D eigenvalue weighted by Gasteiger charge is -2.05. The number of rotatable bonds is 5. The second-order valence-corrected chi connectivity index (χ2v) is 4.39. The fourth-order valence-electron chi connectivity index (χ4n) is 1.62. The summed E-state index contributed by atoms with van der Waals surface area (Å²) in [6.07, 6.45) is 0.805. The molecule has 2 N–H and O–H groups in total. The van der Waals surface area contributed by atoms with Crippen LogP contribution in [0.3, 0.4) is 0 Å². The zero-order valence-corrected chi connectivity index (χ0v) is 12.0. The van der Waals surface area contributed by atoms with Crippen molar-refractivity contribution in [2.75, 3.05) is 7.11 Å². The highest BCUT2D eigenvalue weighted by molar-refractivity contribution is 5.80. The standard InChI is InChI=1S/C16H16N2O4/c1-21-15-8-4-13(5-9-15)11-22-16(20)18-17-10-12-2-6-14(19)7-3-12/h2-10,19H,11H2,1H3,(H,18,20)/b17-10+. The Kier molecular flexibility index (Phi) is 5.37. The zero-order valence-electron chi connectivity index (χ0n) is 12.0. The summed E-state index contributed by atoms with van der Waals surface area (Å²) in [6.45, 7) is 0.143. The highest BCUT2D eigenvalue weighted by Crippen LogP contribution is 2.12. The van der Waals surface area contributed by atoms with Crippen LogP contribution in [0, 0.1) is 0 Å². The molecule has 0 heterocycles. The molecule has 22 heavy (non-hydrogen) atoms. The van der Waals surface area contributed by atoms with E-state index in [1.165, 1.54) is 18.3 Å². The van der Waals surface area contributed by atoms with E-state index in [1.54, 1.807) is 31.4 Å². The number of hydrogen-bond acceptors (Lipinski definition) is 5. The Bertz CT molecular complexity index is 636.